The molecule has 0 aromatic heterocycles. The Morgan fingerprint density at radius 2 is 2.11 bits per heavy atom. The first kappa shape index (κ1) is 16.3. The highest BCUT2D eigenvalue weighted by Crippen LogP contribution is 2.20. The van der Waals surface area contributed by atoms with Crippen molar-refractivity contribution >= 4 is 22.6 Å². The fourth-order valence-electron chi connectivity index (χ4n) is 1.79. The fraction of sp³-hybridized carbons (Fsp3) is 0.846. The molecule has 0 aromatic rings. The molecule has 1 aliphatic rings. The first-order valence-corrected chi connectivity index (χ1v) is 8.03. The summed E-state index contributed by atoms with van der Waals surface area (Å²) in [5.74, 6) is -0.660. The first-order chi connectivity index (χ1) is 8.87. The second kappa shape index (κ2) is 7.14. The van der Waals surface area contributed by atoms with Crippen molar-refractivity contribution in [3.05, 3.63) is 0 Å². The predicted molar refractivity (Wildman–Crippen MR) is 72.3 cm³/mol. The molecule has 0 bridgehead atoms. The van der Waals surface area contributed by atoms with E-state index in [9.17, 15) is 13.8 Å². The average Bonchev–Trinajstić information content (AvgIpc) is 2.81. The maximum atomic E-state index is 12.0. The second-order valence-electron chi connectivity index (χ2n) is 5.15. The SMILES string of the molecule is CCOC(=O)C(C)(C)C(=O)CS(=O)CC1CCCO1. The summed E-state index contributed by atoms with van der Waals surface area (Å²) in [5, 5.41) is 0. The van der Waals surface area contributed by atoms with Crippen LogP contribution >= 0.6 is 0 Å². The molecular weight excluding hydrogens is 268 g/mol. The van der Waals surface area contributed by atoms with Crippen LogP contribution < -0.4 is 0 Å². The van der Waals surface area contributed by atoms with Gasteiger partial charge < -0.3 is 9.47 Å². The number of rotatable bonds is 7. The number of ketones is 1. The summed E-state index contributed by atoms with van der Waals surface area (Å²) >= 11 is 0. The molecule has 2 unspecified atom stereocenters. The Labute approximate surface area is 116 Å². The number of carbonyl (C=O) groups is 2. The standard InChI is InChI=1S/C13H22O5S/c1-4-17-12(15)13(2,3)11(14)9-19(16)8-10-6-5-7-18-10/h10H,4-9H2,1-3H3. The van der Waals surface area contributed by atoms with Gasteiger partial charge in [-0.05, 0) is 33.6 Å². The Hall–Kier alpha value is -0.750. The van der Waals surface area contributed by atoms with Crippen LogP contribution in [-0.4, -0.2) is 46.8 Å². The molecule has 0 saturated carbocycles. The van der Waals surface area contributed by atoms with Gasteiger partial charge in [0.15, 0.2) is 5.78 Å². The second-order valence-corrected chi connectivity index (χ2v) is 6.66. The number of esters is 1. The number of ether oxygens (including phenoxy) is 2. The minimum atomic E-state index is -1.29. The molecular formula is C13H22O5S. The third-order valence-corrected chi connectivity index (χ3v) is 4.50. The summed E-state index contributed by atoms with van der Waals surface area (Å²) in [6.45, 7) is 5.64. The molecule has 6 heteroatoms. The van der Waals surface area contributed by atoms with Crippen molar-refractivity contribution in [3.8, 4) is 0 Å². The highest BCUT2D eigenvalue weighted by molar-refractivity contribution is 7.85. The lowest BCUT2D eigenvalue weighted by Gasteiger charge is -2.20. The molecule has 19 heavy (non-hydrogen) atoms. The molecule has 0 aromatic carbocycles. The summed E-state index contributed by atoms with van der Waals surface area (Å²) in [6, 6.07) is 0. The molecule has 1 fully saturated rings. The average molecular weight is 290 g/mol. The number of hydrogen-bond donors (Lipinski definition) is 0. The van der Waals surface area contributed by atoms with Gasteiger partial charge in [-0.3, -0.25) is 13.8 Å². The minimum Gasteiger partial charge on any atom is -0.465 e. The van der Waals surface area contributed by atoms with E-state index in [1.165, 1.54) is 13.8 Å². The Morgan fingerprint density at radius 3 is 2.63 bits per heavy atom. The quantitative estimate of drug-likeness (QED) is 0.518. The van der Waals surface area contributed by atoms with Crippen LogP contribution in [0.5, 0.6) is 0 Å². The topological polar surface area (TPSA) is 69.7 Å². The third kappa shape index (κ3) is 4.69. The van der Waals surface area contributed by atoms with E-state index in [1.54, 1.807) is 6.92 Å². The van der Waals surface area contributed by atoms with Gasteiger partial charge in [0.25, 0.3) is 0 Å². The van der Waals surface area contributed by atoms with E-state index in [4.69, 9.17) is 9.47 Å². The fourth-order valence-corrected chi connectivity index (χ4v) is 3.24. The Kier molecular flexibility index (Phi) is 6.13. The highest BCUT2D eigenvalue weighted by Gasteiger charge is 2.38. The molecule has 1 heterocycles. The van der Waals surface area contributed by atoms with Gasteiger partial charge in [-0.25, -0.2) is 0 Å². The molecule has 0 N–H and O–H groups in total. The van der Waals surface area contributed by atoms with Crippen molar-refractivity contribution in [2.45, 2.75) is 39.7 Å². The van der Waals surface area contributed by atoms with Gasteiger partial charge in [-0.15, -0.1) is 0 Å². The zero-order valence-electron chi connectivity index (χ0n) is 11.8. The number of hydrogen-bond acceptors (Lipinski definition) is 5. The van der Waals surface area contributed by atoms with Gasteiger partial charge in [0.05, 0.1) is 24.2 Å². The monoisotopic (exact) mass is 290 g/mol. The first-order valence-electron chi connectivity index (χ1n) is 6.55. The van der Waals surface area contributed by atoms with E-state index in [-0.39, 0.29) is 24.2 Å². The molecule has 1 aliphatic heterocycles. The normalized spacial score (nSPS) is 21.1. The van der Waals surface area contributed by atoms with Crippen LogP contribution in [0.25, 0.3) is 0 Å². The van der Waals surface area contributed by atoms with Gasteiger partial charge in [0.2, 0.25) is 0 Å². The van der Waals surface area contributed by atoms with Gasteiger partial charge in [0.1, 0.15) is 5.41 Å². The molecule has 0 aliphatic carbocycles. The lowest BCUT2D eigenvalue weighted by atomic mass is 9.89. The van der Waals surface area contributed by atoms with E-state index in [0.717, 1.165) is 12.8 Å². The molecule has 110 valence electrons. The van der Waals surface area contributed by atoms with E-state index < -0.39 is 22.2 Å². The lowest BCUT2D eigenvalue weighted by Crippen LogP contribution is -2.38. The van der Waals surface area contributed by atoms with Gasteiger partial charge in [0, 0.05) is 17.4 Å². The van der Waals surface area contributed by atoms with Crippen molar-refractivity contribution in [2.24, 2.45) is 5.41 Å². The van der Waals surface area contributed by atoms with E-state index in [1.807, 2.05) is 0 Å². The zero-order chi connectivity index (χ0) is 14.5. The smallest absolute Gasteiger partial charge is 0.319 e. The van der Waals surface area contributed by atoms with Crippen LogP contribution in [0.4, 0.5) is 0 Å². The molecule has 1 rings (SSSR count). The molecule has 0 radical (unpaired) electrons. The van der Waals surface area contributed by atoms with Crippen LogP contribution in [0.2, 0.25) is 0 Å². The summed E-state index contributed by atoms with van der Waals surface area (Å²) < 4.78 is 22.1. The maximum Gasteiger partial charge on any atom is 0.319 e. The third-order valence-electron chi connectivity index (χ3n) is 3.17. The van der Waals surface area contributed by atoms with E-state index in [0.29, 0.717) is 12.4 Å². The molecule has 0 amide bonds. The molecule has 1 saturated heterocycles. The Bertz CT molecular complexity index is 358. The van der Waals surface area contributed by atoms with Crippen LogP contribution in [0, 0.1) is 5.41 Å². The lowest BCUT2D eigenvalue weighted by molar-refractivity contribution is -0.157. The predicted octanol–water partition coefficient (Wildman–Crippen LogP) is 1.07. The number of carbonyl (C=O) groups excluding carboxylic acids is 2. The van der Waals surface area contributed by atoms with Crippen molar-refractivity contribution in [1.29, 1.82) is 0 Å². The van der Waals surface area contributed by atoms with Gasteiger partial charge >= 0.3 is 5.97 Å². The van der Waals surface area contributed by atoms with Gasteiger partial charge in [-0.2, -0.15) is 0 Å². The maximum absolute atomic E-state index is 12.0. The summed E-state index contributed by atoms with van der Waals surface area (Å²) in [5.41, 5.74) is -1.23. The summed E-state index contributed by atoms with van der Waals surface area (Å²) in [7, 11) is -1.29. The summed E-state index contributed by atoms with van der Waals surface area (Å²) in [4.78, 5) is 23.7. The highest BCUT2D eigenvalue weighted by atomic mass is 32.2. The van der Waals surface area contributed by atoms with Crippen LogP contribution in [0.3, 0.4) is 0 Å². The van der Waals surface area contributed by atoms with E-state index >= 15 is 0 Å². The molecule has 2 atom stereocenters. The van der Waals surface area contributed by atoms with Crippen molar-refractivity contribution < 1.29 is 23.3 Å². The molecule has 0 spiro atoms. The summed E-state index contributed by atoms with van der Waals surface area (Å²) in [6.07, 6.45) is 1.85. The van der Waals surface area contributed by atoms with Crippen LogP contribution in [0.15, 0.2) is 0 Å². The largest absolute Gasteiger partial charge is 0.465 e. The van der Waals surface area contributed by atoms with Crippen molar-refractivity contribution in [2.75, 3.05) is 24.7 Å². The zero-order valence-corrected chi connectivity index (χ0v) is 12.6. The Balaban J connectivity index is 2.48. The van der Waals surface area contributed by atoms with Crippen molar-refractivity contribution in [3.63, 3.8) is 0 Å². The molecule has 5 nitrogen and oxygen atoms in total. The van der Waals surface area contributed by atoms with Crippen LogP contribution in [-0.2, 0) is 29.9 Å². The minimum absolute atomic E-state index is 0.0145. The van der Waals surface area contributed by atoms with Crippen molar-refractivity contribution in [1.82, 2.24) is 0 Å². The number of Topliss-reactive ketones (excluding diaryl/α,β-unsaturated/α-hetero) is 1. The van der Waals surface area contributed by atoms with E-state index in [2.05, 4.69) is 0 Å². The van der Waals surface area contributed by atoms with Crippen LogP contribution in [0.1, 0.15) is 33.6 Å². The van der Waals surface area contributed by atoms with Gasteiger partial charge in [-0.1, -0.05) is 0 Å². The Morgan fingerprint density at radius 1 is 1.42 bits per heavy atom.